The first-order chi connectivity index (χ1) is 13.9. The largest absolute Gasteiger partial charge is 0.0625 e. The molecule has 4 unspecified atom stereocenters. The Balaban J connectivity index is 1.52. The van der Waals surface area contributed by atoms with E-state index in [1.807, 2.05) is 0 Å². The van der Waals surface area contributed by atoms with Crippen molar-refractivity contribution >= 4 is 0 Å². The molecule has 9 atom stereocenters. The number of hydrogen-bond donors (Lipinski definition) is 0. The lowest BCUT2D eigenvalue weighted by atomic mass is 9.32. The Hall–Kier alpha value is 0. The number of rotatable bonds is 1. The summed E-state index contributed by atoms with van der Waals surface area (Å²) in [5.74, 6) is 5.79. The zero-order valence-corrected chi connectivity index (χ0v) is 21.7. The predicted octanol–water partition coefficient (Wildman–Crippen LogP) is 9.13. The van der Waals surface area contributed by atoms with Crippen LogP contribution in [0.3, 0.4) is 0 Å². The van der Waals surface area contributed by atoms with Crippen LogP contribution in [0.5, 0.6) is 0 Å². The highest BCUT2D eigenvalue weighted by atomic mass is 14.7. The molecule has 0 spiro atoms. The molecule has 30 heavy (non-hydrogen) atoms. The molecule has 5 aliphatic carbocycles. The zero-order chi connectivity index (χ0) is 21.7. The van der Waals surface area contributed by atoms with Gasteiger partial charge in [-0.1, -0.05) is 61.8 Å². The van der Waals surface area contributed by atoms with E-state index in [1.165, 1.54) is 70.6 Å². The van der Waals surface area contributed by atoms with E-state index < -0.39 is 0 Å². The highest BCUT2D eigenvalue weighted by molar-refractivity contribution is 5.18. The fraction of sp³-hybridized carbons (Fsp3) is 1.00. The molecule has 0 bridgehead atoms. The molecule has 0 aromatic rings. The normalized spacial score (nSPS) is 57.3. The van der Waals surface area contributed by atoms with E-state index in [1.54, 1.807) is 0 Å². The molecule has 0 radical (unpaired) electrons. The van der Waals surface area contributed by atoms with Crippen LogP contribution in [0.15, 0.2) is 0 Å². The van der Waals surface area contributed by atoms with Crippen molar-refractivity contribution < 1.29 is 0 Å². The fourth-order valence-electron chi connectivity index (χ4n) is 12.1. The molecule has 0 nitrogen and oxygen atoms in total. The van der Waals surface area contributed by atoms with Crippen LogP contribution in [0.25, 0.3) is 0 Å². The van der Waals surface area contributed by atoms with Crippen LogP contribution in [0, 0.1) is 62.6 Å². The Morgan fingerprint density at radius 3 is 1.80 bits per heavy atom. The van der Waals surface area contributed by atoms with Gasteiger partial charge in [0.05, 0.1) is 0 Å². The maximum atomic E-state index is 2.81. The lowest BCUT2D eigenvalue weighted by Crippen LogP contribution is -2.65. The van der Waals surface area contributed by atoms with Crippen molar-refractivity contribution in [3.63, 3.8) is 0 Å². The standard InChI is InChI=1S/C30H52/c1-20(2)21-12-17-27(5)22(21)13-18-29(7)24(27)10-11-25-28(6)16-9-15-26(3,4)23(28)14-19-30(25,29)8/h20-25H,9-19H2,1-8H3/t21-,22?,23?,24?,25?,27+,28+,29-,30-/m1/s1. The van der Waals surface area contributed by atoms with Crippen LogP contribution in [0.2, 0.25) is 0 Å². The van der Waals surface area contributed by atoms with E-state index in [-0.39, 0.29) is 0 Å². The predicted molar refractivity (Wildman–Crippen MR) is 129 cm³/mol. The summed E-state index contributed by atoms with van der Waals surface area (Å²) in [6, 6.07) is 0. The number of fused-ring (bicyclic) bond motifs is 7. The monoisotopic (exact) mass is 412 g/mol. The molecule has 5 saturated carbocycles. The van der Waals surface area contributed by atoms with Crippen LogP contribution in [-0.4, -0.2) is 0 Å². The summed E-state index contributed by atoms with van der Waals surface area (Å²) in [7, 11) is 0. The number of hydrogen-bond acceptors (Lipinski definition) is 0. The van der Waals surface area contributed by atoms with Gasteiger partial charge in [0.2, 0.25) is 0 Å². The van der Waals surface area contributed by atoms with Gasteiger partial charge in [-0.3, -0.25) is 0 Å². The summed E-state index contributed by atoms with van der Waals surface area (Å²) >= 11 is 0. The van der Waals surface area contributed by atoms with Crippen LogP contribution in [0.1, 0.15) is 126 Å². The van der Waals surface area contributed by atoms with E-state index in [2.05, 4.69) is 55.4 Å². The van der Waals surface area contributed by atoms with Crippen molar-refractivity contribution in [2.24, 2.45) is 62.6 Å². The molecule has 5 rings (SSSR count). The molecule has 5 fully saturated rings. The first kappa shape index (κ1) is 21.8. The first-order valence-corrected chi connectivity index (χ1v) is 13.9. The smallest absolute Gasteiger partial charge is 0.0235 e. The second-order valence-electron chi connectivity index (χ2n) is 15.1. The highest BCUT2D eigenvalue weighted by Gasteiger charge is 2.70. The first-order valence-electron chi connectivity index (χ1n) is 13.9. The minimum absolute atomic E-state index is 0.561. The molecule has 0 aromatic carbocycles. The molecular weight excluding hydrogens is 360 g/mol. The average molecular weight is 413 g/mol. The van der Waals surface area contributed by atoms with E-state index in [9.17, 15) is 0 Å². The summed E-state index contributed by atoms with van der Waals surface area (Å²) in [6.45, 7) is 21.4. The van der Waals surface area contributed by atoms with E-state index >= 15 is 0 Å². The molecule has 0 heterocycles. The van der Waals surface area contributed by atoms with Gasteiger partial charge in [-0.2, -0.15) is 0 Å². The molecule has 0 aromatic heterocycles. The Morgan fingerprint density at radius 1 is 0.567 bits per heavy atom. The van der Waals surface area contributed by atoms with Gasteiger partial charge in [0, 0.05) is 0 Å². The average Bonchev–Trinajstić information content (AvgIpc) is 2.99. The van der Waals surface area contributed by atoms with E-state index in [0.29, 0.717) is 27.1 Å². The summed E-state index contributed by atoms with van der Waals surface area (Å²) in [4.78, 5) is 0. The molecule has 0 heteroatoms. The van der Waals surface area contributed by atoms with Crippen molar-refractivity contribution in [3.05, 3.63) is 0 Å². The second kappa shape index (κ2) is 6.53. The van der Waals surface area contributed by atoms with E-state index in [0.717, 1.165) is 35.5 Å². The maximum Gasteiger partial charge on any atom is -0.0235 e. The van der Waals surface area contributed by atoms with Crippen LogP contribution < -0.4 is 0 Å². The fourth-order valence-corrected chi connectivity index (χ4v) is 12.1. The molecule has 0 N–H and O–H groups in total. The minimum atomic E-state index is 0.561. The third-order valence-corrected chi connectivity index (χ3v) is 13.6. The van der Waals surface area contributed by atoms with E-state index in [4.69, 9.17) is 0 Å². The van der Waals surface area contributed by atoms with Crippen LogP contribution >= 0.6 is 0 Å². The second-order valence-corrected chi connectivity index (χ2v) is 15.1. The quantitative estimate of drug-likeness (QED) is 0.402. The SMILES string of the molecule is CC(C)[C@H]1CC[C@@]2(C)C1CC[C@]1(C)C2CCC2[C@@]3(C)CCCC(C)(C)C3CC[C@]21C. The topological polar surface area (TPSA) is 0 Å². The van der Waals surface area contributed by atoms with Crippen molar-refractivity contribution in [1.29, 1.82) is 0 Å². The van der Waals surface area contributed by atoms with Crippen LogP contribution in [-0.2, 0) is 0 Å². The maximum absolute atomic E-state index is 2.81. The molecular formula is C30H52. The van der Waals surface area contributed by atoms with Gasteiger partial charge in [0.15, 0.2) is 0 Å². The van der Waals surface area contributed by atoms with Crippen molar-refractivity contribution in [3.8, 4) is 0 Å². The third kappa shape index (κ3) is 2.52. The van der Waals surface area contributed by atoms with Crippen molar-refractivity contribution in [2.75, 3.05) is 0 Å². The minimum Gasteiger partial charge on any atom is -0.0625 e. The van der Waals surface area contributed by atoms with Crippen molar-refractivity contribution in [2.45, 2.75) is 126 Å². The third-order valence-electron chi connectivity index (χ3n) is 13.6. The molecule has 0 saturated heterocycles. The summed E-state index contributed by atoms with van der Waals surface area (Å²) in [5, 5.41) is 0. The van der Waals surface area contributed by atoms with Gasteiger partial charge < -0.3 is 0 Å². The van der Waals surface area contributed by atoms with Gasteiger partial charge in [-0.15, -0.1) is 0 Å². The lowest BCUT2D eigenvalue weighted by Gasteiger charge is -2.73. The van der Waals surface area contributed by atoms with Gasteiger partial charge in [-0.05, 0) is 127 Å². The Morgan fingerprint density at radius 2 is 1.17 bits per heavy atom. The van der Waals surface area contributed by atoms with Gasteiger partial charge in [0.1, 0.15) is 0 Å². The molecule has 0 amide bonds. The summed E-state index contributed by atoms with van der Waals surface area (Å²) in [6.07, 6.45) is 16.6. The molecule has 0 aliphatic heterocycles. The molecule has 5 aliphatic rings. The van der Waals surface area contributed by atoms with Gasteiger partial charge >= 0.3 is 0 Å². The van der Waals surface area contributed by atoms with Crippen LogP contribution in [0.4, 0.5) is 0 Å². The Labute approximate surface area is 188 Å². The Bertz CT molecular complexity index is 688. The van der Waals surface area contributed by atoms with Crippen molar-refractivity contribution in [1.82, 2.24) is 0 Å². The Kier molecular flexibility index (Phi) is 4.75. The van der Waals surface area contributed by atoms with Gasteiger partial charge in [-0.25, -0.2) is 0 Å². The summed E-state index contributed by atoms with van der Waals surface area (Å²) in [5.41, 5.74) is 2.92. The molecule has 172 valence electrons. The lowest BCUT2D eigenvalue weighted by molar-refractivity contribution is -0.241. The zero-order valence-electron chi connectivity index (χ0n) is 21.7. The van der Waals surface area contributed by atoms with Gasteiger partial charge in [0.25, 0.3) is 0 Å². The highest BCUT2D eigenvalue weighted by Crippen LogP contribution is 2.78. The summed E-state index contributed by atoms with van der Waals surface area (Å²) < 4.78 is 0.